The van der Waals surface area contributed by atoms with Gasteiger partial charge < -0.3 is 9.47 Å². The standard InChI is InChI=1S/C19H30O3/c1-6-13-10-14(7-2)18-15(8-3)16(11-17(20)21-5)22-19(18,9-4)12-13/h10-11,13,15,18H,6-9,12H2,1-5H3/b16-11+/t13-,15-,18+,19+/m0/s1. The Morgan fingerprint density at radius 2 is 2.09 bits per heavy atom. The molecule has 3 nitrogen and oxygen atoms in total. The lowest BCUT2D eigenvalue weighted by molar-refractivity contribution is -0.135. The maximum atomic E-state index is 11.7. The Morgan fingerprint density at radius 3 is 2.59 bits per heavy atom. The molecule has 0 bridgehead atoms. The molecule has 0 radical (unpaired) electrons. The van der Waals surface area contributed by atoms with Gasteiger partial charge in [0.2, 0.25) is 0 Å². The average molecular weight is 306 g/mol. The molecule has 0 unspecified atom stereocenters. The second kappa shape index (κ2) is 6.89. The van der Waals surface area contributed by atoms with Crippen LogP contribution in [0, 0.1) is 17.8 Å². The first-order valence-corrected chi connectivity index (χ1v) is 8.74. The number of carbonyl (C=O) groups excluding carboxylic acids is 1. The summed E-state index contributed by atoms with van der Waals surface area (Å²) >= 11 is 0. The number of hydrogen-bond acceptors (Lipinski definition) is 3. The van der Waals surface area contributed by atoms with Crippen molar-refractivity contribution in [3.05, 3.63) is 23.5 Å². The number of esters is 1. The van der Waals surface area contributed by atoms with Crippen LogP contribution in [0.5, 0.6) is 0 Å². The minimum atomic E-state index is -0.313. The van der Waals surface area contributed by atoms with Gasteiger partial charge in [-0.3, -0.25) is 0 Å². The minimum absolute atomic E-state index is 0.138. The molecule has 1 aliphatic carbocycles. The molecule has 1 fully saturated rings. The van der Waals surface area contributed by atoms with E-state index in [-0.39, 0.29) is 11.6 Å². The maximum Gasteiger partial charge on any atom is 0.333 e. The number of ether oxygens (including phenoxy) is 2. The molecule has 0 saturated carbocycles. The Labute approximate surface area is 134 Å². The van der Waals surface area contributed by atoms with Crippen molar-refractivity contribution in [1.29, 1.82) is 0 Å². The highest BCUT2D eigenvalue weighted by Crippen LogP contribution is 2.56. The minimum Gasteiger partial charge on any atom is -0.490 e. The summed E-state index contributed by atoms with van der Waals surface area (Å²) in [6, 6.07) is 0. The van der Waals surface area contributed by atoms with E-state index in [1.165, 1.54) is 12.7 Å². The van der Waals surface area contributed by atoms with Crippen LogP contribution in [0.15, 0.2) is 23.5 Å². The number of carbonyl (C=O) groups is 1. The topological polar surface area (TPSA) is 35.5 Å². The Kier molecular flexibility index (Phi) is 5.36. The van der Waals surface area contributed by atoms with E-state index in [1.807, 2.05) is 0 Å². The monoisotopic (exact) mass is 306 g/mol. The lowest BCUT2D eigenvalue weighted by atomic mass is 9.65. The van der Waals surface area contributed by atoms with Crippen LogP contribution in [0.4, 0.5) is 0 Å². The molecule has 3 heteroatoms. The number of allylic oxidation sites excluding steroid dienone is 2. The molecule has 1 aliphatic heterocycles. The molecule has 2 aliphatic rings. The Hall–Kier alpha value is -1.25. The van der Waals surface area contributed by atoms with Crippen LogP contribution in [-0.4, -0.2) is 18.7 Å². The Balaban J connectivity index is 2.46. The third kappa shape index (κ3) is 2.82. The van der Waals surface area contributed by atoms with Gasteiger partial charge in [-0.2, -0.15) is 0 Å². The zero-order valence-corrected chi connectivity index (χ0v) is 14.6. The van der Waals surface area contributed by atoms with Crippen LogP contribution in [-0.2, 0) is 14.3 Å². The summed E-state index contributed by atoms with van der Waals surface area (Å²) in [5.74, 6) is 1.81. The number of rotatable bonds is 5. The summed E-state index contributed by atoms with van der Waals surface area (Å²) in [6.45, 7) is 8.88. The summed E-state index contributed by atoms with van der Waals surface area (Å²) in [5, 5.41) is 0. The first kappa shape index (κ1) is 17.1. The quantitative estimate of drug-likeness (QED) is 0.422. The van der Waals surface area contributed by atoms with Crippen LogP contribution >= 0.6 is 0 Å². The van der Waals surface area contributed by atoms with Crippen molar-refractivity contribution in [2.24, 2.45) is 17.8 Å². The van der Waals surface area contributed by atoms with Gasteiger partial charge in [-0.1, -0.05) is 39.3 Å². The third-order valence-corrected chi connectivity index (χ3v) is 5.54. The molecule has 0 spiro atoms. The summed E-state index contributed by atoms with van der Waals surface area (Å²) in [5.41, 5.74) is 1.38. The first-order chi connectivity index (χ1) is 10.5. The van der Waals surface area contributed by atoms with E-state index in [1.54, 1.807) is 6.08 Å². The molecule has 22 heavy (non-hydrogen) atoms. The molecule has 1 saturated heterocycles. The lowest BCUT2D eigenvalue weighted by Gasteiger charge is -2.42. The van der Waals surface area contributed by atoms with Crippen molar-refractivity contribution >= 4 is 5.97 Å². The molecular weight excluding hydrogens is 276 g/mol. The second-order valence-corrected chi connectivity index (χ2v) is 6.55. The lowest BCUT2D eigenvalue weighted by Crippen LogP contribution is -2.42. The van der Waals surface area contributed by atoms with Gasteiger partial charge in [-0.15, -0.1) is 0 Å². The number of methoxy groups -OCH3 is 1. The fourth-order valence-electron chi connectivity index (χ4n) is 4.36. The van der Waals surface area contributed by atoms with Crippen LogP contribution in [0.3, 0.4) is 0 Å². The van der Waals surface area contributed by atoms with Crippen molar-refractivity contribution in [2.45, 2.75) is 65.4 Å². The fraction of sp³-hybridized carbons (Fsp3) is 0.737. The fourth-order valence-corrected chi connectivity index (χ4v) is 4.36. The van der Waals surface area contributed by atoms with E-state index >= 15 is 0 Å². The Morgan fingerprint density at radius 1 is 1.36 bits per heavy atom. The number of hydrogen-bond donors (Lipinski definition) is 0. The van der Waals surface area contributed by atoms with E-state index < -0.39 is 0 Å². The van der Waals surface area contributed by atoms with Crippen molar-refractivity contribution in [3.8, 4) is 0 Å². The highest BCUT2D eigenvalue weighted by Gasteiger charge is 2.54. The predicted octanol–water partition coefficient (Wildman–Crippen LogP) is 4.63. The molecule has 1 heterocycles. The largest absolute Gasteiger partial charge is 0.490 e. The van der Waals surface area contributed by atoms with E-state index in [2.05, 4.69) is 33.8 Å². The third-order valence-electron chi connectivity index (χ3n) is 5.54. The van der Waals surface area contributed by atoms with Crippen LogP contribution in [0.1, 0.15) is 59.8 Å². The summed E-state index contributed by atoms with van der Waals surface area (Å²) < 4.78 is 11.3. The van der Waals surface area contributed by atoms with Gasteiger partial charge in [0, 0.05) is 11.8 Å². The second-order valence-electron chi connectivity index (χ2n) is 6.55. The summed E-state index contributed by atoms with van der Waals surface area (Å²) in [7, 11) is 1.42. The van der Waals surface area contributed by atoms with E-state index in [9.17, 15) is 4.79 Å². The molecule has 0 amide bonds. The smallest absolute Gasteiger partial charge is 0.333 e. The summed E-state index contributed by atoms with van der Waals surface area (Å²) in [4.78, 5) is 11.7. The van der Waals surface area contributed by atoms with E-state index in [0.29, 0.717) is 17.8 Å². The van der Waals surface area contributed by atoms with Crippen molar-refractivity contribution in [2.75, 3.05) is 7.11 Å². The average Bonchev–Trinajstić information content (AvgIpc) is 2.87. The number of fused-ring (bicyclic) bond motifs is 1. The zero-order valence-electron chi connectivity index (χ0n) is 14.6. The normalized spacial score (nSPS) is 35.8. The van der Waals surface area contributed by atoms with Gasteiger partial charge in [0.1, 0.15) is 11.4 Å². The maximum absolute atomic E-state index is 11.7. The first-order valence-electron chi connectivity index (χ1n) is 8.74. The van der Waals surface area contributed by atoms with Gasteiger partial charge in [0.15, 0.2) is 0 Å². The van der Waals surface area contributed by atoms with E-state index in [4.69, 9.17) is 9.47 Å². The SMILES string of the molecule is CCC1=C[C@H](CC)C[C@@]2(CC)O/C(=C/C(=O)OC)[C@H](CC)[C@@H]12. The molecule has 0 aromatic heterocycles. The van der Waals surface area contributed by atoms with Crippen molar-refractivity contribution in [1.82, 2.24) is 0 Å². The highest BCUT2D eigenvalue weighted by molar-refractivity contribution is 5.82. The van der Waals surface area contributed by atoms with E-state index in [0.717, 1.165) is 37.9 Å². The molecule has 0 N–H and O–H groups in total. The van der Waals surface area contributed by atoms with Crippen LogP contribution in [0.2, 0.25) is 0 Å². The van der Waals surface area contributed by atoms with Gasteiger partial charge >= 0.3 is 5.97 Å². The Bertz CT molecular complexity index is 477. The zero-order chi connectivity index (χ0) is 16.3. The molecule has 2 rings (SSSR count). The van der Waals surface area contributed by atoms with Crippen LogP contribution in [0.25, 0.3) is 0 Å². The van der Waals surface area contributed by atoms with Crippen molar-refractivity contribution in [3.63, 3.8) is 0 Å². The molecule has 0 aromatic rings. The molecule has 0 aromatic carbocycles. The summed E-state index contributed by atoms with van der Waals surface area (Å²) in [6.07, 6.45) is 9.29. The van der Waals surface area contributed by atoms with Gasteiger partial charge in [-0.05, 0) is 38.0 Å². The van der Waals surface area contributed by atoms with Gasteiger partial charge in [-0.25, -0.2) is 4.79 Å². The molecule has 124 valence electrons. The van der Waals surface area contributed by atoms with Gasteiger partial charge in [0.05, 0.1) is 13.2 Å². The molecule has 4 atom stereocenters. The predicted molar refractivity (Wildman–Crippen MR) is 88.2 cm³/mol. The molecular formula is C19H30O3. The highest BCUT2D eigenvalue weighted by atomic mass is 16.5. The van der Waals surface area contributed by atoms with Gasteiger partial charge in [0.25, 0.3) is 0 Å². The van der Waals surface area contributed by atoms with Crippen molar-refractivity contribution < 1.29 is 14.3 Å². The van der Waals surface area contributed by atoms with Crippen LogP contribution < -0.4 is 0 Å².